The van der Waals surface area contributed by atoms with Crippen molar-refractivity contribution in [1.29, 1.82) is 0 Å². The minimum Gasteiger partial charge on any atom is -0.269 e. The van der Waals surface area contributed by atoms with Gasteiger partial charge in [-0.05, 0) is 0 Å². The Kier molecular flexibility index (Phi) is 1.87. The Labute approximate surface area is 59.7 Å². The highest BCUT2D eigenvalue weighted by atomic mass is 35.5. The highest BCUT2D eigenvalue weighted by Crippen LogP contribution is 2.07. The Morgan fingerprint density at radius 3 is 2.67 bits per heavy atom. The summed E-state index contributed by atoms with van der Waals surface area (Å²) < 4.78 is 12.8. The fourth-order valence-electron chi connectivity index (χ4n) is 0.474. The standard InChI is InChI=1S/C4H4ClNO2S/c5-2-3-1-4(7)6-9(3)8/h1H,2H2,(H,6,7). The van der Waals surface area contributed by atoms with E-state index in [2.05, 4.69) is 4.72 Å². The number of hydrogen-bond donors (Lipinski definition) is 1. The summed E-state index contributed by atoms with van der Waals surface area (Å²) >= 11 is 5.31. The van der Waals surface area contributed by atoms with Crippen molar-refractivity contribution in [3.8, 4) is 0 Å². The second kappa shape index (κ2) is 2.49. The fraction of sp³-hybridized carbons (Fsp3) is 0.250. The van der Waals surface area contributed by atoms with Crippen LogP contribution in [0.5, 0.6) is 0 Å². The Morgan fingerprint density at radius 2 is 2.44 bits per heavy atom. The molecule has 0 fully saturated rings. The first-order valence-corrected chi connectivity index (χ1v) is 3.91. The van der Waals surface area contributed by atoms with Crippen LogP contribution in [0.1, 0.15) is 0 Å². The van der Waals surface area contributed by atoms with Crippen molar-refractivity contribution in [1.82, 2.24) is 4.72 Å². The second-order valence-electron chi connectivity index (χ2n) is 1.48. The molecule has 0 radical (unpaired) electrons. The number of hydrogen-bond acceptors (Lipinski definition) is 2. The highest BCUT2D eigenvalue weighted by molar-refractivity contribution is 7.88. The summed E-state index contributed by atoms with van der Waals surface area (Å²) in [6.07, 6.45) is 1.25. The van der Waals surface area contributed by atoms with Crippen LogP contribution >= 0.6 is 11.6 Å². The molecular weight excluding hydrogens is 162 g/mol. The lowest BCUT2D eigenvalue weighted by Crippen LogP contribution is -2.16. The zero-order valence-electron chi connectivity index (χ0n) is 4.39. The Morgan fingerprint density at radius 1 is 1.78 bits per heavy atom. The quantitative estimate of drug-likeness (QED) is 0.552. The van der Waals surface area contributed by atoms with Crippen molar-refractivity contribution in [2.24, 2.45) is 0 Å². The van der Waals surface area contributed by atoms with Crippen molar-refractivity contribution in [3.63, 3.8) is 0 Å². The number of alkyl halides is 1. The molecule has 50 valence electrons. The zero-order valence-corrected chi connectivity index (χ0v) is 5.96. The predicted octanol–water partition coefficient (Wildman–Crippen LogP) is -0.0974. The van der Waals surface area contributed by atoms with Crippen LogP contribution in [0.25, 0.3) is 0 Å². The zero-order chi connectivity index (χ0) is 6.85. The smallest absolute Gasteiger partial charge is 0.256 e. The van der Waals surface area contributed by atoms with Crippen LogP contribution in [0.4, 0.5) is 0 Å². The van der Waals surface area contributed by atoms with Crippen LogP contribution in [-0.2, 0) is 15.8 Å². The number of halogens is 1. The first kappa shape index (κ1) is 6.77. The summed E-state index contributed by atoms with van der Waals surface area (Å²) in [5.74, 6) is -0.185. The molecule has 1 rings (SSSR count). The van der Waals surface area contributed by atoms with Gasteiger partial charge in [0.05, 0.1) is 10.8 Å². The van der Waals surface area contributed by atoms with Crippen LogP contribution in [-0.4, -0.2) is 16.0 Å². The van der Waals surface area contributed by atoms with E-state index in [4.69, 9.17) is 11.6 Å². The molecule has 0 aromatic heterocycles. The van der Waals surface area contributed by atoms with E-state index in [1.807, 2.05) is 0 Å². The maximum Gasteiger partial charge on any atom is 0.256 e. The molecule has 1 unspecified atom stereocenters. The minimum absolute atomic E-state index is 0.144. The van der Waals surface area contributed by atoms with Crippen LogP contribution in [0, 0.1) is 0 Å². The van der Waals surface area contributed by atoms with Crippen molar-refractivity contribution < 1.29 is 9.00 Å². The summed E-state index contributed by atoms with van der Waals surface area (Å²) in [6, 6.07) is 0. The molecule has 0 aromatic rings. The van der Waals surface area contributed by atoms with Gasteiger partial charge in [-0.25, -0.2) is 4.21 Å². The van der Waals surface area contributed by atoms with Gasteiger partial charge in [0.25, 0.3) is 5.91 Å². The molecule has 1 N–H and O–H groups in total. The number of carbonyl (C=O) groups excluding carboxylic acids is 1. The molecule has 1 amide bonds. The number of nitrogens with one attached hydrogen (secondary N) is 1. The van der Waals surface area contributed by atoms with Gasteiger partial charge in [0.15, 0.2) is 0 Å². The largest absolute Gasteiger partial charge is 0.269 e. The van der Waals surface area contributed by atoms with Crippen LogP contribution in [0.3, 0.4) is 0 Å². The molecular formula is C4H4ClNO2S. The Balaban J connectivity index is 2.80. The number of rotatable bonds is 1. The SMILES string of the molecule is O=C1C=C(CCl)S(=O)N1. The molecule has 0 bridgehead atoms. The van der Waals surface area contributed by atoms with Crippen molar-refractivity contribution in [2.45, 2.75) is 0 Å². The summed E-state index contributed by atoms with van der Waals surface area (Å²) in [5.41, 5.74) is 0. The van der Waals surface area contributed by atoms with Crippen LogP contribution < -0.4 is 4.72 Å². The maximum absolute atomic E-state index is 10.6. The number of carbonyl (C=O) groups is 1. The highest BCUT2D eigenvalue weighted by Gasteiger charge is 2.17. The van der Waals surface area contributed by atoms with Gasteiger partial charge >= 0.3 is 0 Å². The molecule has 1 atom stereocenters. The molecule has 1 aliphatic heterocycles. The normalized spacial score (nSPS) is 25.7. The molecule has 5 heteroatoms. The third-order valence-electron chi connectivity index (χ3n) is 0.855. The van der Waals surface area contributed by atoms with E-state index in [1.54, 1.807) is 0 Å². The second-order valence-corrected chi connectivity index (χ2v) is 3.01. The monoisotopic (exact) mass is 165 g/mol. The average Bonchev–Trinajstić information content (AvgIpc) is 2.10. The summed E-state index contributed by atoms with van der Waals surface area (Å²) in [6.45, 7) is 0. The van der Waals surface area contributed by atoms with Gasteiger partial charge in [0.2, 0.25) is 0 Å². The predicted molar refractivity (Wildman–Crippen MR) is 35.1 cm³/mol. The van der Waals surface area contributed by atoms with E-state index in [0.717, 1.165) is 0 Å². The first-order valence-electron chi connectivity index (χ1n) is 2.23. The van der Waals surface area contributed by atoms with E-state index in [9.17, 15) is 9.00 Å². The van der Waals surface area contributed by atoms with E-state index in [1.165, 1.54) is 6.08 Å². The molecule has 1 heterocycles. The number of allylic oxidation sites excluding steroid dienone is 1. The van der Waals surface area contributed by atoms with Crippen molar-refractivity contribution in [2.75, 3.05) is 5.88 Å². The van der Waals surface area contributed by atoms with Crippen LogP contribution in [0.2, 0.25) is 0 Å². The Bertz CT molecular complexity index is 201. The molecule has 3 nitrogen and oxygen atoms in total. The van der Waals surface area contributed by atoms with Gasteiger partial charge < -0.3 is 0 Å². The van der Waals surface area contributed by atoms with E-state index in [0.29, 0.717) is 4.91 Å². The summed E-state index contributed by atoms with van der Waals surface area (Å²) in [4.78, 5) is 10.8. The molecule has 1 aliphatic rings. The molecule has 0 saturated carbocycles. The molecule has 0 aromatic carbocycles. The lowest BCUT2D eigenvalue weighted by molar-refractivity contribution is -0.114. The summed E-state index contributed by atoms with van der Waals surface area (Å²) in [5, 5.41) is 0. The maximum atomic E-state index is 10.6. The average molecular weight is 166 g/mol. The lowest BCUT2D eigenvalue weighted by Gasteiger charge is -1.89. The van der Waals surface area contributed by atoms with Crippen molar-refractivity contribution in [3.05, 3.63) is 11.0 Å². The van der Waals surface area contributed by atoms with Gasteiger partial charge in [-0.3, -0.25) is 9.52 Å². The fourth-order valence-corrected chi connectivity index (χ4v) is 1.53. The number of amides is 1. The van der Waals surface area contributed by atoms with E-state index >= 15 is 0 Å². The minimum atomic E-state index is -1.36. The van der Waals surface area contributed by atoms with Gasteiger partial charge in [0, 0.05) is 6.08 Å². The molecule has 0 saturated heterocycles. The Hall–Kier alpha value is -0.350. The van der Waals surface area contributed by atoms with Gasteiger partial charge in [-0.15, -0.1) is 11.6 Å². The summed E-state index contributed by atoms with van der Waals surface area (Å²) in [7, 11) is -1.36. The lowest BCUT2D eigenvalue weighted by atomic mass is 10.5. The van der Waals surface area contributed by atoms with E-state index < -0.39 is 11.0 Å². The van der Waals surface area contributed by atoms with Gasteiger partial charge in [0.1, 0.15) is 11.0 Å². The third-order valence-corrected chi connectivity index (χ3v) is 2.43. The molecule has 9 heavy (non-hydrogen) atoms. The van der Waals surface area contributed by atoms with E-state index in [-0.39, 0.29) is 11.8 Å². The topological polar surface area (TPSA) is 46.2 Å². The third kappa shape index (κ3) is 1.31. The van der Waals surface area contributed by atoms with Crippen LogP contribution in [0.15, 0.2) is 11.0 Å². The first-order chi connectivity index (χ1) is 4.24. The molecule has 0 aliphatic carbocycles. The van der Waals surface area contributed by atoms with Crippen molar-refractivity contribution >= 4 is 28.5 Å². The van der Waals surface area contributed by atoms with Gasteiger partial charge in [-0.1, -0.05) is 0 Å². The van der Waals surface area contributed by atoms with Gasteiger partial charge in [-0.2, -0.15) is 0 Å². The molecule has 0 spiro atoms.